The molecule has 0 spiro atoms. The average Bonchev–Trinajstić information content (AvgIpc) is 2.36. The van der Waals surface area contributed by atoms with Crippen LogP contribution in [0.2, 0.25) is 0 Å². The SMILES string of the molecule is C.CCCCN(CCCC)C(=S)SCC(O)CSC. The molecule has 1 unspecified atom stereocenters. The first kappa shape index (κ1) is 21.8. The smallest absolute Gasteiger partial charge is 0.136 e. The van der Waals surface area contributed by atoms with Crippen molar-refractivity contribution < 1.29 is 5.11 Å². The molecular weight excluding hydrogens is 294 g/mol. The standard InChI is InChI=1S/C13H27NOS3.CH4/c1-4-6-8-14(9-7-5-2)13(16)18-11-12(15)10-17-3;/h12,15H,4-11H2,1-3H3;1H4. The van der Waals surface area contributed by atoms with Gasteiger partial charge in [0.2, 0.25) is 0 Å². The third kappa shape index (κ3) is 12.0. The summed E-state index contributed by atoms with van der Waals surface area (Å²) in [5, 5.41) is 9.71. The van der Waals surface area contributed by atoms with Gasteiger partial charge in [-0.05, 0) is 19.1 Å². The lowest BCUT2D eigenvalue weighted by atomic mass is 10.3. The van der Waals surface area contributed by atoms with E-state index in [1.165, 1.54) is 25.7 Å². The van der Waals surface area contributed by atoms with Crippen LogP contribution < -0.4 is 0 Å². The predicted octanol–water partition coefficient (Wildman–Crippen LogP) is 4.27. The van der Waals surface area contributed by atoms with Crippen molar-refractivity contribution in [1.29, 1.82) is 0 Å². The van der Waals surface area contributed by atoms with Gasteiger partial charge in [0, 0.05) is 24.6 Å². The summed E-state index contributed by atoms with van der Waals surface area (Å²) >= 11 is 8.78. The number of hydrogen-bond donors (Lipinski definition) is 1. The molecular formula is C14H31NOS3. The molecule has 0 aliphatic carbocycles. The molecule has 2 nitrogen and oxygen atoms in total. The van der Waals surface area contributed by atoms with Gasteiger partial charge in [-0.3, -0.25) is 0 Å². The number of nitrogens with zero attached hydrogens (tertiary/aromatic N) is 1. The Morgan fingerprint density at radius 3 is 2.11 bits per heavy atom. The summed E-state index contributed by atoms with van der Waals surface area (Å²) in [6.07, 6.45) is 6.55. The van der Waals surface area contributed by atoms with Crippen LogP contribution in [0.1, 0.15) is 47.0 Å². The first-order valence-electron chi connectivity index (χ1n) is 6.74. The van der Waals surface area contributed by atoms with Crippen LogP contribution in [0.15, 0.2) is 0 Å². The van der Waals surface area contributed by atoms with E-state index in [2.05, 4.69) is 18.7 Å². The van der Waals surface area contributed by atoms with Crippen LogP contribution in [0.4, 0.5) is 0 Å². The van der Waals surface area contributed by atoms with Crippen molar-refractivity contribution in [3.8, 4) is 0 Å². The molecule has 0 aliphatic rings. The molecule has 0 bridgehead atoms. The van der Waals surface area contributed by atoms with Crippen LogP contribution in [-0.2, 0) is 0 Å². The van der Waals surface area contributed by atoms with Gasteiger partial charge in [0.15, 0.2) is 0 Å². The number of thiocarbonyl (C=S) groups is 1. The van der Waals surface area contributed by atoms with Gasteiger partial charge in [0.25, 0.3) is 0 Å². The van der Waals surface area contributed by atoms with Gasteiger partial charge >= 0.3 is 0 Å². The molecule has 0 aromatic rings. The van der Waals surface area contributed by atoms with Crippen molar-refractivity contribution in [3.05, 3.63) is 0 Å². The molecule has 19 heavy (non-hydrogen) atoms. The third-order valence-electron chi connectivity index (χ3n) is 2.58. The van der Waals surface area contributed by atoms with E-state index in [0.717, 1.165) is 23.2 Å². The van der Waals surface area contributed by atoms with Crippen molar-refractivity contribution in [2.75, 3.05) is 30.9 Å². The highest BCUT2D eigenvalue weighted by Gasteiger charge is 2.11. The minimum atomic E-state index is -0.248. The summed E-state index contributed by atoms with van der Waals surface area (Å²) in [6.45, 7) is 6.52. The number of thioether (sulfide) groups is 2. The highest BCUT2D eigenvalue weighted by molar-refractivity contribution is 8.22. The fourth-order valence-electron chi connectivity index (χ4n) is 1.49. The molecule has 116 valence electrons. The minimum absolute atomic E-state index is 0. The quantitative estimate of drug-likeness (QED) is 0.605. The summed E-state index contributed by atoms with van der Waals surface area (Å²) < 4.78 is 0.956. The fraction of sp³-hybridized carbons (Fsp3) is 0.929. The second-order valence-electron chi connectivity index (χ2n) is 4.38. The van der Waals surface area contributed by atoms with Crippen LogP contribution in [0.5, 0.6) is 0 Å². The molecule has 0 radical (unpaired) electrons. The van der Waals surface area contributed by atoms with Crippen molar-refractivity contribution in [1.82, 2.24) is 4.90 Å². The second-order valence-corrected chi connectivity index (χ2v) is 6.94. The zero-order valence-electron chi connectivity index (χ0n) is 11.9. The van der Waals surface area contributed by atoms with Crippen molar-refractivity contribution in [3.63, 3.8) is 0 Å². The first-order valence-corrected chi connectivity index (χ1v) is 9.53. The number of hydrogen-bond acceptors (Lipinski definition) is 4. The third-order valence-corrected chi connectivity index (χ3v) is 4.97. The van der Waals surface area contributed by atoms with E-state index >= 15 is 0 Å². The van der Waals surface area contributed by atoms with E-state index in [-0.39, 0.29) is 13.5 Å². The lowest BCUT2D eigenvalue weighted by Gasteiger charge is -2.25. The highest BCUT2D eigenvalue weighted by Crippen LogP contribution is 2.14. The Labute approximate surface area is 134 Å². The van der Waals surface area contributed by atoms with Crippen molar-refractivity contribution >= 4 is 40.1 Å². The maximum Gasteiger partial charge on any atom is 0.136 e. The van der Waals surface area contributed by atoms with E-state index in [1.54, 1.807) is 23.5 Å². The molecule has 5 heteroatoms. The fourth-order valence-corrected chi connectivity index (χ4v) is 3.35. The topological polar surface area (TPSA) is 23.5 Å². The van der Waals surface area contributed by atoms with E-state index in [1.807, 2.05) is 6.26 Å². The molecule has 0 saturated heterocycles. The van der Waals surface area contributed by atoms with Gasteiger partial charge in [0.1, 0.15) is 4.32 Å². The van der Waals surface area contributed by atoms with Crippen LogP contribution >= 0.6 is 35.7 Å². The van der Waals surface area contributed by atoms with Gasteiger partial charge in [0.05, 0.1) is 6.10 Å². The number of rotatable bonds is 10. The van der Waals surface area contributed by atoms with Crippen LogP contribution in [0, 0.1) is 0 Å². The Morgan fingerprint density at radius 2 is 1.68 bits per heavy atom. The van der Waals surface area contributed by atoms with Gasteiger partial charge in [-0.2, -0.15) is 11.8 Å². The van der Waals surface area contributed by atoms with E-state index in [9.17, 15) is 5.11 Å². The van der Waals surface area contributed by atoms with Gasteiger partial charge < -0.3 is 10.0 Å². The highest BCUT2D eigenvalue weighted by atomic mass is 32.2. The summed E-state index contributed by atoms with van der Waals surface area (Å²) in [6, 6.07) is 0. The first-order chi connectivity index (χ1) is 8.65. The number of aliphatic hydroxyl groups excluding tert-OH is 1. The molecule has 1 N–H and O–H groups in total. The minimum Gasteiger partial charge on any atom is -0.391 e. The van der Waals surface area contributed by atoms with Crippen molar-refractivity contribution in [2.24, 2.45) is 0 Å². The van der Waals surface area contributed by atoms with E-state index in [4.69, 9.17) is 12.2 Å². The van der Waals surface area contributed by atoms with Gasteiger partial charge in [-0.25, -0.2) is 0 Å². The zero-order chi connectivity index (χ0) is 13.8. The van der Waals surface area contributed by atoms with E-state index in [0.29, 0.717) is 5.75 Å². The van der Waals surface area contributed by atoms with Crippen LogP contribution in [0.3, 0.4) is 0 Å². The normalized spacial score (nSPS) is 11.8. The molecule has 1 atom stereocenters. The molecule has 0 aromatic carbocycles. The molecule has 0 amide bonds. The predicted molar refractivity (Wildman–Crippen MR) is 97.6 cm³/mol. The lowest BCUT2D eigenvalue weighted by molar-refractivity contribution is 0.225. The Kier molecular flexibility index (Phi) is 17.2. The maximum atomic E-state index is 9.71. The van der Waals surface area contributed by atoms with Gasteiger partial charge in [-0.1, -0.05) is 58.1 Å². The zero-order valence-corrected chi connectivity index (χ0v) is 14.3. The average molecular weight is 326 g/mol. The van der Waals surface area contributed by atoms with Crippen LogP contribution in [-0.4, -0.2) is 51.3 Å². The molecule has 0 aromatic heterocycles. The maximum absolute atomic E-state index is 9.71. The summed E-state index contributed by atoms with van der Waals surface area (Å²) in [7, 11) is 0. The van der Waals surface area contributed by atoms with Crippen LogP contribution in [0.25, 0.3) is 0 Å². The van der Waals surface area contributed by atoms with E-state index < -0.39 is 0 Å². The molecule has 0 saturated carbocycles. The largest absolute Gasteiger partial charge is 0.391 e. The van der Waals surface area contributed by atoms with Crippen molar-refractivity contribution in [2.45, 2.75) is 53.1 Å². The lowest BCUT2D eigenvalue weighted by Crippen LogP contribution is -2.30. The van der Waals surface area contributed by atoms with Gasteiger partial charge in [-0.15, -0.1) is 0 Å². The molecule has 0 heterocycles. The Hall–Kier alpha value is 0.550. The molecule has 0 rings (SSSR count). The summed E-state index contributed by atoms with van der Waals surface area (Å²) in [5.41, 5.74) is 0. The number of unbranched alkanes of at least 4 members (excludes halogenated alkanes) is 2. The Morgan fingerprint density at radius 1 is 1.16 bits per heavy atom. The Balaban J connectivity index is 0. The second kappa shape index (κ2) is 14.9. The molecule has 0 fully saturated rings. The number of aliphatic hydroxyl groups is 1. The summed E-state index contributed by atoms with van der Waals surface area (Å²) in [5.74, 6) is 1.51. The summed E-state index contributed by atoms with van der Waals surface area (Å²) in [4.78, 5) is 2.30. The Bertz CT molecular complexity index is 207. The molecule has 0 aliphatic heterocycles. The monoisotopic (exact) mass is 325 g/mol.